The van der Waals surface area contributed by atoms with Crippen molar-refractivity contribution in [2.75, 3.05) is 6.54 Å². The zero-order valence-corrected chi connectivity index (χ0v) is 14.0. The quantitative estimate of drug-likeness (QED) is 0.745. The van der Waals surface area contributed by atoms with Gasteiger partial charge in [-0.25, -0.2) is 9.78 Å². The molecule has 3 rings (SSSR count). The molecule has 8 nitrogen and oxygen atoms in total. The van der Waals surface area contributed by atoms with Crippen LogP contribution in [0.4, 0.5) is 4.79 Å². The Labute approximate surface area is 139 Å². The fraction of sp³-hybridized carbons (Fsp3) is 0.375. The van der Waals surface area contributed by atoms with E-state index in [-0.39, 0.29) is 12.1 Å². The van der Waals surface area contributed by atoms with Crippen LogP contribution >= 0.6 is 0 Å². The lowest BCUT2D eigenvalue weighted by Gasteiger charge is -2.13. The third-order valence-electron chi connectivity index (χ3n) is 4.06. The molecule has 2 amide bonds. The highest BCUT2D eigenvalue weighted by molar-refractivity contribution is 5.74. The van der Waals surface area contributed by atoms with Crippen molar-refractivity contribution < 1.29 is 4.79 Å². The Morgan fingerprint density at radius 1 is 1.29 bits per heavy atom. The molecule has 0 saturated heterocycles. The standard InChI is InChI=1S/C16H21N7O/c1-11-13(3)22(10-18-11)9-7-17-16(24)19-12(2)15-21-20-14-6-4-5-8-23(14)15/h4-6,8,10,12H,7,9H2,1-3H3,(H2,17,19,24). The van der Waals surface area contributed by atoms with Gasteiger partial charge in [0.25, 0.3) is 0 Å². The highest BCUT2D eigenvalue weighted by atomic mass is 16.2. The second kappa shape index (κ2) is 6.69. The molecule has 2 N–H and O–H groups in total. The minimum absolute atomic E-state index is 0.232. The van der Waals surface area contributed by atoms with Crippen LogP contribution in [0.15, 0.2) is 30.7 Å². The molecule has 0 aliphatic carbocycles. The van der Waals surface area contributed by atoms with Crippen LogP contribution in [0, 0.1) is 13.8 Å². The summed E-state index contributed by atoms with van der Waals surface area (Å²) in [6.07, 6.45) is 3.67. The normalized spacial score (nSPS) is 12.3. The minimum Gasteiger partial charge on any atom is -0.336 e. The number of hydrogen-bond acceptors (Lipinski definition) is 4. The first-order valence-corrected chi connectivity index (χ1v) is 7.88. The molecular weight excluding hydrogens is 306 g/mol. The van der Waals surface area contributed by atoms with Crippen molar-refractivity contribution in [1.29, 1.82) is 0 Å². The summed E-state index contributed by atoms with van der Waals surface area (Å²) in [5, 5.41) is 14.0. The number of aryl methyl sites for hydroxylation is 1. The molecule has 8 heteroatoms. The summed E-state index contributed by atoms with van der Waals surface area (Å²) in [6.45, 7) is 7.07. The number of nitrogens with zero attached hydrogens (tertiary/aromatic N) is 5. The van der Waals surface area contributed by atoms with E-state index in [1.807, 2.05) is 54.1 Å². The van der Waals surface area contributed by atoms with Gasteiger partial charge < -0.3 is 15.2 Å². The number of fused-ring (bicyclic) bond motifs is 1. The number of carbonyl (C=O) groups is 1. The van der Waals surface area contributed by atoms with Gasteiger partial charge in [0.1, 0.15) is 0 Å². The van der Waals surface area contributed by atoms with E-state index in [1.54, 1.807) is 6.33 Å². The molecule has 0 bridgehead atoms. The molecule has 1 unspecified atom stereocenters. The number of rotatable bonds is 5. The molecular formula is C16H21N7O. The average Bonchev–Trinajstić information content (AvgIpc) is 3.13. The molecule has 3 heterocycles. The monoisotopic (exact) mass is 327 g/mol. The van der Waals surface area contributed by atoms with Gasteiger partial charge in [0.2, 0.25) is 0 Å². The molecule has 3 aromatic rings. The van der Waals surface area contributed by atoms with Crippen molar-refractivity contribution in [1.82, 2.24) is 34.8 Å². The summed E-state index contributed by atoms with van der Waals surface area (Å²) in [5.41, 5.74) is 2.87. The Balaban J connectivity index is 1.54. The van der Waals surface area contributed by atoms with Crippen molar-refractivity contribution >= 4 is 11.7 Å². The first-order valence-electron chi connectivity index (χ1n) is 7.88. The summed E-state index contributed by atoms with van der Waals surface area (Å²) < 4.78 is 3.88. The average molecular weight is 327 g/mol. The van der Waals surface area contributed by atoms with Gasteiger partial charge in [-0.15, -0.1) is 10.2 Å². The molecule has 0 aliphatic rings. The number of nitrogens with one attached hydrogen (secondary N) is 2. The van der Waals surface area contributed by atoms with E-state index in [0.29, 0.717) is 18.9 Å². The fourth-order valence-corrected chi connectivity index (χ4v) is 2.53. The second-order valence-corrected chi connectivity index (χ2v) is 5.72. The summed E-state index contributed by atoms with van der Waals surface area (Å²) in [6, 6.07) is 5.20. The number of hydrogen-bond donors (Lipinski definition) is 2. The topological polar surface area (TPSA) is 89.1 Å². The van der Waals surface area contributed by atoms with E-state index in [0.717, 1.165) is 17.0 Å². The molecule has 24 heavy (non-hydrogen) atoms. The number of aromatic nitrogens is 5. The van der Waals surface area contributed by atoms with Gasteiger partial charge >= 0.3 is 6.03 Å². The molecule has 0 spiro atoms. The fourth-order valence-electron chi connectivity index (χ4n) is 2.53. The summed E-state index contributed by atoms with van der Waals surface area (Å²) >= 11 is 0. The van der Waals surface area contributed by atoms with E-state index in [1.165, 1.54) is 0 Å². The van der Waals surface area contributed by atoms with Crippen molar-refractivity contribution in [2.45, 2.75) is 33.4 Å². The van der Waals surface area contributed by atoms with Crippen LogP contribution < -0.4 is 10.6 Å². The molecule has 0 aliphatic heterocycles. The molecule has 0 saturated carbocycles. The smallest absolute Gasteiger partial charge is 0.315 e. The maximum atomic E-state index is 12.1. The zero-order chi connectivity index (χ0) is 17.1. The largest absolute Gasteiger partial charge is 0.336 e. The van der Waals surface area contributed by atoms with Crippen molar-refractivity contribution in [2.24, 2.45) is 0 Å². The highest BCUT2D eigenvalue weighted by Crippen LogP contribution is 2.11. The Hall–Kier alpha value is -2.90. The van der Waals surface area contributed by atoms with E-state index < -0.39 is 0 Å². The van der Waals surface area contributed by atoms with E-state index >= 15 is 0 Å². The van der Waals surface area contributed by atoms with E-state index in [2.05, 4.69) is 25.8 Å². The molecule has 0 aromatic carbocycles. The predicted octanol–water partition coefficient (Wildman–Crippen LogP) is 1.60. The molecule has 1 atom stereocenters. The van der Waals surface area contributed by atoms with Crippen molar-refractivity contribution in [3.63, 3.8) is 0 Å². The number of carbonyl (C=O) groups excluding carboxylic acids is 1. The lowest BCUT2D eigenvalue weighted by molar-refractivity contribution is 0.237. The number of pyridine rings is 1. The molecule has 0 fully saturated rings. The lowest BCUT2D eigenvalue weighted by Crippen LogP contribution is -2.39. The maximum absolute atomic E-state index is 12.1. The Bertz CT molecular complexity index is 851. The summed E-state index contributed by atoms with van der Waals surface area (Å²) in [7, 11) is 0. The van der Waals surface area contributed by atoms with Crippen LogP contribution in [-0.2, 0) is 6.54 Å². The van der Waals surface area contributed by atoms with E-state index in [9.17, 15) is 4.79 Å². The zero-order valence-electron chi connectivity index (χ0n) is 14.0. The van der Waals surface area contributed by atoms with Crippen molar-refractivity contribution in [3.05, 3.63) is 47.9 Å². The number of amides is 2. The molecule has 3 aromatic heterocycles. The van der Waals surface area contributed by atoms with Gasteiger partial charge in [0.05, 0.1) is 18.1 Å². The Morgan fingerprint density at radius 3 is 2.88 bits per heavy atom. The van der Waals surface area contributed by atoms with Crippen LogP contribution in [0.2, 0.25) is 0 Å². The minimum atomic E-state index is -0.250. The summed E-state index contributed by atoms with van der Waals surface area (Å²) in [4.78, 5) is 16.3. The number of imidazole rings is 1. The van der Waals surface area contributed by atoms with E-state index in [4.69, 9.17) is 0 Å². The third kappa shape index (κ3) is 3.22. The van der Waals surface area contributed by atoms with Gasteiger partial charge in [0.15, 0.2) is 11.5 Å². The Kier molecular flexibility index (Phi) is 4.45. The van der Waals surface area contributed by atoms with Crippen LogP contribution in [0.1, 0.15) is 30.2 Å². The van der Waals surface area contributed by atoms with Gasteiger partial charge in [0, 0.05) is 25.0 Å². The molecule has 126 valence electrons. The van der Waals surface area contributed by atoms with Crippen LogP contribution in [0.25, 0.3) is 5.65 Å². The lowest BCUT2D eigenvalue weighted by atomic mass is 10.3. The molecule has 0 radical (unpaired) electrons. The highest BCUT2D eigenvalue weighted by Gasteiger charge is 2.15. The van der Waals surface area contributed by atoms with Gasteiger partial charge in [-0.2, -0.15) is 0 Å². The first kappa shape index (κ1) is 16.0. The predicted molar refractivity (Wildman–Crippen MR) is 89.6 cm³/mol. The van der Waals surface area contributed by atoms with Crippen LogP contribution in [0.5, 0.6) is 0 Å². The Morgan fingerprint density at radius 2 is 2.12 bits per heavy atom. The maximum Gasteiger partial charge on any atom is 0.315 e. The first-order chi connectivity index (χ1) is 11.6. The van der Waals surface area contributed by atoms with Gasteiger partial charge in [-0.3, -0.25) is 4.40 Å². The summed E-state index contributed by atoms with van der Waals surface area (Å²) in [5.74, 6) is 0.696. The van der Waals surface area contributed by atoms with Gasteiger partial charge in [-0.05, 0) is 32.9 Å². The number of urea groups is 1. The SMILES string of the molecule is Cc1ncn(CCNC(=O)NC(C)c2nnc3ccccn23)c1C. The third-order valence-corrected chi connectivity index (χ3v) is 4.06. The second-order valence-electron chi connectivity index (χ2n) is 5.72. The van der Waals surface area contributed by atoms with Crippen LogP contribution in [-0.4, -0.2) is 36.7 Å². The van der Waals surface area contributed by atoms with Crippen molar-refractivity contribution in [3.8, 4) is 0 Å². The van der Waals surface area contributed by atoms with Gasteiger partial charge in [-0.1, -0.05) is 6.07 Å². The van der Waals surface area contributed by atoms with Crippen LogP contribution in [0.3, 0.4) is 0 Å².